The fourth-order valence-corrected chi connectivity index (χ4v) is 2.42. The maximum atomic E-state index is 4.36. The first-order valence-electron chi connectivity index (χ1n) is 6.48. The highest BCUT2D eigenvalue weighted by Gasteiger charge is 2.09. The summed E-state index contributed by atoms with van der Waals surface area (Å²) in [6.07, 6.45) is 1.94. The van der Waals surface area contributed by atoms with Crippen molar-refractivity contribution in [3.63, 3.8) is 0 Å². The van der Waals surface area contributed by atoms with Crippen molar-refractivity contribution in [2.45, 2.75) is 13.0 Å². The molecule has 19 heavy (non-hydrogen) atoms. The Morgan fingerprint density at radius 1 is 1.05 bits per heavy atom. The number of hydrogen-bond acceptors (Lipinski definition) is 2. The molecule has 0 spiro atoms. The largest absolute Gasteiger partial charge is 0.362 e. The summed E-state index contributed by atoms with van der Waals surface area (Å²) in [7, 11) is 1.92. The fraction of sp³-hybridized carbons (Fsp3) is 0.188. The van der Waals surface area contributed by atoms with Gasteiger partial charge in [0.1, 0.15) is 5.82 Å². The second-order valence-electron chi connectivity index (χ2n) is 4.81. The third-order valence-electron chi connectivity index (χ3n) is 3.37. The maximum Gasteiger partial charge on any atom is 0.148 e. The molecular weight excluding hydrogens is 234 g/mol. The molecule has 2 aromatic carbocycles. The summed E-state index contributed by atoms with van der Waals surface area (Å²) in [6, 6.07) is 17.1. The zero-order valence-electron chi connectivity index (χ0n) is 11.2. The molecule has 1 atom stereocenters. The molecule has 1 N–H and O–H groups in total. The molecule has 3 rings (SSSR count). The van der Waals surface area contributed by atoms with Crippen LogP contribution in [0.5, 0.6) is 0 Å². The molecule has 0 fully saturated rings. The monoisotopic (exact) mass is 251 g/mol. The van der Waals surface area contributed by atoms with Crippen molar-refractivity contribution in [3.8, 4) is 0 Å². The SMILES string of the molecule is CC(Nc1ccn(C)n1)c1cccc2ccccc12. The van der Waals surface area contributed by atoms with Gasteiger partial charge >= 0.3 is 0 Å². The normalized spacial score (nSPS) is 12.5. The van der Waals surface area contributed by atoms with Gasteiger partial charge in [0, 0.05) is 19.3 Å². The number of rotatable bonds is 3. The first-order valence-corrected chi connectivity index (χ1v) is 6.48. The van der Waals surface area contributed by atoms with Crippen LogP contribution in [0.4, 0.5) is 5.82 Å². The van der Waals surface area contributed by atoms with Gasteiger partial charge in [-0.2, -0.15) is 5.10 Å². The number of aromatic nitrogens is 2. The molecule has 0 amide bonds. The van der Waals surface area contributed by atoms with Crippen molar-refractivity contribution < 1.29 is 0 Å². The van der Waals surface area contributed by atoms with E-state index >= 15 is 0 Å². The zero-order valence-corrected chi connectivity index (χ0v) is 11.2. The van der Waals surface area contributed by atoms with Gasteiger partial charge in [0.15, 0.2) is 0 Å². The predicted octanol–water partition coefficient (Wildman–Crippen LogP) is 3.75. The Balaban J connectivity index is 1.95. The van der Waals surface area contributed by atoms with Crippen LogP contribution >= 0.6 is 0 Å². The van der Waals surface area contributed by atoms with Crippen molar-refractivity contribution >= 4 is 16.6 Å². The quantitative estimate of drug-likeness (QED) is 0.768. The van der Waals surface area contributed by atoms with Crippen molar-refractivity contribution in [1.29, 1.82) is 0 Å². The first kappa shape index (κ1) is 11.8. The number of hydrogen-bond donors (Lipinski definition) is 1. The zero-order chi connectivity index (χ0) is 13.2. The topological polar surface area (TPSA) is 29.9 Å². The molecule has 3 nitrogen and oxygen atoms in total. The summed E-state index contributed by atoms with van der Waals surface area (Å²) < 4.78 is 1.80. The molecule has 0 aliphatic rings. The molecule has 0 bridgehead atoms. The minimum atomic E-state index is 0.223. The summed E-state index contributed by atoms with van der Waals surface area (Å²) >= 11 is 0. The van der Waals surface area contributed by atoms with E-state index < -0.39 is 0 Å². The molecule has 96 valence electrons. The van der Waals surface area contributed by atoms with Gasteiger partial charge < -0.3 is 5.32 Å². The Hall–Kier alpha value is -2.29. The number of anilines is 1. The summed E-state index contributed by atoms with van der Waals surface area (Å²) in [5.74, 6) is 0.905. The molecule has 0 aliphatic heterocycles. The lowest BCUT2D eigenvalue weighted by atomic mass is 10.00. The smallest absolute Gasteiger partial charge is 0.148 e. The van der Waals surface area contributed by atoms with Gasteiger partial charge in [-0.15, -0.1) is 0 Å². The number of nitrogens with one attached hydrogen (secondary N) is 1. The van der Waals surface area contributed by atoms with E-state index in [4.69, 9.17) is 0 Å². The first-order chi connectivity index (χ1) is 9.24. The standard InChI is InChI=1S/C16H17N3/c1-12(17-16-10-11-19(2)18-16)14-9-5-7-13-6-3-4-8-15(13)14/h3-12H,1-2H3,(H,17,18). The van der Waals surface area contributed by atoms with E-state index in [1.54, 1.807) is 4.68 Å². The second-order valence-corrected chi connectivity index (χ2v) is 4.81. The summed E-state index contributed by atoms with van der Waals surface area (Å²) in [6.45, 7) is 2.16. The van der Waals surface area contributed by atoms with Gasteiger partial charge in [-0.05, 0) is 23.3 Å². The Morgan fingerprint density at radius 3 is 2.63 bits per heavy atom. The van der Waals surface area contributed by atoms with Gasteiger partial charge in [-0.3, -0.25) is 4.68 Å². The third kappa shape index (κ3) is 2.32. The van der Waals surface area contributed by atoms with Gasteiger partial charge in [0.2, 0.25) is 0 Å². The van der Waals surface area contributed by atoms with Crippen molar-refractivity contribution in [3.05, 3.63) is 60.3 Å². The Morgan fingerprint density at radius 2 is 1.84 bits per heavy atom. The summed E-state index contributed by atoms with van der Waals surface area (Å²) in [4.78, 5) is 0. The van der Waals surface area contributed by atoms with E-state index in [9.17, 15) is 0 Å². The van der Waals surface area contributed by atoms with Crippen LogP contribution in [0.1, 0.15) is 18.5 Å². The predicted molar refractivity (Wildman–Crippen MR) is 79.2 cm³/mol. The molecule has 0 saturated heterocycles. The molecule has 3 heteroatoms. The Labute approximate surface area is 112 Å². The van der Waals surface area contributed by atoms with Gasteiger partial charge in [0.25, 0.3) is 0 Å². The van der Waals surface area contributed by atoms with E-state index in [0.29, 0.717) is 0 Å². The number of nitrogens with zero attached hydrogens (tertiary/aromatic N) is 2. The van der Waals surface area contributed by atoms with Crippen LogP contribution in [0.3, 0.4) is 0 Å². The van der Waals surface area contributed by atoms with Crippen LogP contribution in [0.2, 0.25) is 0 Å². The van der Waals surface area contributed by atoms with Crippen molar-refractivity contribution in [2.24, 2.45) is 7.05 Å². The molecule has 0 radical (unpaired) electrons. The van der Waals surface area contributed by atoms with Crippen LogP contribution < -0.4 is 5.32 Å². The summed E-state index contributed by atoms with van der Waals surface area (Å²) in [5.41, 5.74) is 1.30. The van der Waals surface area contributed by atoms with Crippen molar-refractivity contribution in [1.82, 2.24) is 9.78 Å². The molecule has 1 unspecified atom stereocenters. The number of aryl methyl sites for hydroxylation is 1. The molecular formula is C16H17N3. The lowest BCUT2D eigenvalue weighted by Crippen LogP contribution is -2.08. The van der Waals surface area contributed by atoms with Crippen LogP contribution in [-0.4, -0.2) is 9.78 Å². The van der Waals surface area contributed by atoms with Crippen LogP contribution in [0.15, 0.2) is 54.7 Å². The number of fused-ring (bicyclic) bond motifs is 1. The highest BCUT2D eigenvalue weighted by Crippen LogP contribution is 2.26. The Kier molecular flexibility index (Phi) is 2.95. The van der Waals surface area contributed by atoms with Crippen LogP contribution in [-0.2, 0) is 7.05 Å². The lowest BCUT2D eigenvalue weighted by Gasteiger charge is -2.16. The van der Waals surface area contributed by atoms with E-state index in [0.717, 1.165) is 5.82 Å². The third-order valence-corrected chi connectivity index (χ3v) is 3.37. The lowest BCUT2D eigenvalue weighted by molar-refractivity contribution is 0.761. The minimum Gasteiger partial charge on any atom is -0.362 e. The van der Waals surface area contributed by atoms with Crippen LogP contribution in [0, 0.1) is 0 Å². The molecule has 1 aromatic heterocycles. The molecule has 0 saturated carbocycles. The fourth-order valence-electron chi connectivity index (χ4n) is 2.42. The summed E-state index contributed by atoms with van der Waals surface area (Å²) in [5, 5.41) is 10.4. The van der Waals surface area contributed by atoms with Gasteiger partial charge in [-0.1, -0.05) is 42.5 Å². The second kappa shape index (κ2) is 4.76. The van der Waals surface area contributed by atoms with Crippen LogP contribution in [0.25, 0.3) is 10.8 Å². The Bertz CT molecular complexity index is 695. The van der Waals surface area contributed by atoms with E-state index in [-0.39, 0.29) is 6.04 Å². The average Bonchev–Trinajstić information content (AvgIpc) is 2.83. The minimum absolute atomic E-state index is 0.223. The number of benzene rings is 2. The molecule has 0 aliphatic carbocycles. The average molecular weight is 251 g/mol. The van der Waals surface area contributed by atoms with E-state index in [2.05, 4.69) is 59.8 Å². The molecule has 3 aromatic rings. The highest BCUT2D eigenvalue weighted by atomic mass is 15.3. The van der Waals surface area contributed by atoms with E-state index in [1.165, 1.54) is 16.3 Å². The van der Waals surface area contributed by atoms with Gasteiger partial charge in [0.05, 0.1) is 6.04 Å². The van der Waals surface area contributed by atoms with Crippen molar-refractivity contribution in [2.75, 3.05) is 5.32 Å². The van der Waals surface area contributed by atoms with Gasteiger partial charge in [-0.25, -0.2) is 0 Å². The highest BCUT2D eigenvalue weighted by molar-refractivity contribution is 5.86. The maximum absolute atomic E-state index is 4.36. The van der Waals surface area contributed by atoms with E-state index in [1.807, 2.05) is 19.3 Å². The molecule has 1 heterocycles.